The molecule has 0 unspecified atom stereocenters. The van der Waals surface area contributed by atoms with Gasteiger partial charge in [0.2, 0.25) is 0 Å². The number of halogens is 4. The molecule has 2 rings (SSSR count). The van der Waals surface area contributed by atoms with Crippen LogP contribution in [0.3, 0.4) is 0 Å². The first-order valence-electron chi connectivity index (χ1n) is 9.23. The molecule has 32 heavy (non-hydrogen) atoms. The van der Waals surface area contributed by atoms with Crippen molar-refractivity contribution < 1.29 is 31.8 Å². The number of aryl methyl sites for hydroxylation is 1. The van der Waals surface area contributed by atoms with Crippen molar-refractivity contribution >= 4 is 24.0 Å². The number of hydrazone groups is 1. The summed E-state index contributed by atoms with van der Waals surface area (Å²) in [5.74, 6) is -4.43. The van der Waals surface area contributed by atoms with Crippen LogP contribution in [0.2, 0.25) is 0 Å². The predicted octanol–water partition coefficient (Wildman–Crippen LogP) is 3.85. The van der Waals surface area contributed by atoms with E-state index in [-0.39, 0.29) is 18.8 Å². The maximum atomic E-state index is 13.6. The number of rotatable bonds is 10. The van der Waals surface area contributed by atoms with Crippen LogP contribution < -0.4 is 14.8 Å². The number of carbonyl (C=O) groups is 1. The molecule has 0 aliphatic heterocycles. The molecule has 172 valence electrons. The van der Waals surface area contributed by atoms with Crippen LogP contribution in [0.4, 0.5) is 23.2 Å². The standard InChI is InChI=1S/C21H22F4N4O3/c1-12-5-18(31-3)19(32-4)8-16(12)27-11-29(28-17(9-22)21(30)26-2)10-13-6-14(23)20(25)15(24)7-13/h5-8,27H,2,9-11H2,1,3-4H3/b28-17-. The topological polar surface area (TPSA) is 75.5 Å². The van der Waals surface area contributed by atoms with Crippen molar-refractivity contribution in [3.63, 3.8) is 0 Å². The number of methoxy groups -OCH3 is 2. The third kappa shape index (κ3) is 5.96. The molecule has 0 heterocycles. The van der Waals surface area contributed by atoms with Gasteiger partial charge in [-0.3, -0.25) is 9.80 Å². The molecule has 7 nitrogen and oxygen atoms in total. The first-order valence-corrected chi connectivity index (χ1v) is 9.23. The van der Waals surface area contributed by atoms with E-state index in [1.54, 1.807) is 19.1 Å². The van der Waals surface area contributed by atoms with Crippen molar-refractivity contribution in [1.29, 1.82) is 0 Å². The summed E-state index contributed by atoms with van der Waals surface area (Å²) in [7, 11) is 2.96. The number of nitrogens with zero attached hydrogens (tertiary/aromatic N) is 3. The third-order valence-corrected chi connectivity index (χ3v) is 4.37. The molecule has 1 N–H and O–H groups in total. The van der Waals surface area contributed by atoms with Crippen LogP contribution in [-0.2, 0) is 11.3 Å². The quantitative estimate of drug-likeness (QED) is 0.194. The Balaban J connectivity index is 2.36. The van der Waals surface area contributed by atoms with Crippen LogP contribution >= 0.6 is 0 Å². The van der Waals surface area contributed by atoms with E-state index in [4.69, 9.17) is 9.47 Å². The average molecular weight is 454 g/mol. The molecular weight excluding hydrogens is 432 g/mol. The monoisotopic (exact) mass is 454 g/mol. The number of benzene rings is 2. The Morgan fingerprint density at radius 1 is 1.09 bits per heavy atom. The molecule has 2 aromatic carbocycles. The van der Waals surface area contributed by atoms with E-state index >= 15 is 0 Å². The Morgan fingerprint density at radius 2 is 1.69 bits per heavy atom. The van der Waals surface area contributed by atoms with Gasteiger partial charge in [-0.25, -0.2) is 22.6 Å². The Morgan fingerprint density at radius 3 is 2.22 bits per heavy atom. The van der Waals surface area contributed by atoms with Crippen LogP contribution in [0.5, 0.6) is 11.5 Å². The van der Waals surface area contributed by atoms with E-state index in [1.165, 1.54) is 14.2 Å². The lowest BCUT2D eigenvalue weighted by Crippen LogP contribution is -2.28. The molecule has 0 aliphatic rings. The molecule has 0 bridgehead atoms. The number of hydrogen-bond acceptors (Lipinski definition) is 6. The highest BCUT2D eigenvalue weighted by atomic mass is 19.2. The summed E-state index contributed by atoms with van der Waals surface area (Å²) in [5.41, 5.74) is 0.802. The zero-order valence-electron chi connectivity index (χ0n) is 17.7. The third-order valence-electron chi connectivity index (χ3n) is 4.37. The van der Waals surface area contributed by atoms with Gasteiger partial charge in [0.15, 0.2) is 34.7 Å². The molecule has 0 aliphatic carbocycles. The van der Waals surface area contributed by atoms with E-state index in [0.717, 1.165) is 22.7 Å². The first-order chi connectivity index (χ1) is 15.2. The normalized spacial score (nSPS) is 11.2. The van der Waals surface area contributed by atoms with E-state index in [1.807, 2.05) is 0 Å². The molecule has 0 spiro atoms. The molecule has 0 radical (unpaired) electrons. The van der Waals surface area contributed by atoms with Gasteiger partial charge in [-0.15, -0.1) is 0 Å². The average Bonchev–Trinajstić information content (AvgIpc) is 2.78. The van der Waals surface area contributed by atoms with E-state index < -0.39 is 35.7 Å². The second kappa shape index (κ2) is 11.1. The van der Waals surface area contributed by atoms with E-state index in [9.17, 15) is 22.4 Å². The summed E-state index contributed by atoms with van der Waals surface area (Å²) in [6.45, 7) is 3.20. The number of anilines is 1. The predicted molar refractivity (Wildman–Crippen MR) is 113 cm³/mol. The minimum absolute atomic E-state index is 0.00760. The second-order valence-electron chi connectivity index (χ2n) is 6.54. The zero-order valence-corrected chi connectivity index (χ0v) is 17.7. The van der Waals surface area contributed by atoms with Gasteiger partial charge in [0.25, 0.3) is 5.91 Å². The molecule has 0 fully saturated rings. The molecule has 0 atom stereocenters. The van der Waals surface area contributed by atoms with Gasteiger partial charge in [0, 0.05) is 11.8 Å². The maximum absolute atomic E-state index is 13.6. The van der Waals surface area contributed by atoms with Gasteiger partial charge in [0.1, 0.15) is 13.3 Å². The molecule has 0 aromatic heterocycles. The number of aliphatic imine (C=N–C) groups is 1. The van der Waals surface area contributed by atoms with Gasteiger partial charge in [-0.2, -0.15) is 5.10 Å². The summed E-state index contributed by atoms with van der Waals surface area (Å²) in [6.07, 6.45) is 0. The van der Waals surface area contributed by atoms with Crippen LogP contribution in [-0.4, -0.2) is 50.9 Å². The van der Waals surface area contributed by atoms with E-state index in [0.29, 0.717) is 17.2 Å². The number of ether oxygens (including phenoxy) is 2. The smallest absolute Gasteiger partial charge is 0.295 e. The summed E-state index contributed by atoms with van der Waals surface area (Å²) in [6, 6.07) is 4.94. The summed E-state index contributed by atoms with van der Waals surface area (Å²) < 4.78 is 64.3. The number of alkyl halides is 1. The number of amides is 1. The Bertz CT molecular complexity index is 1010. The highest BCUT2D eigenvalue weighted by Crippen LogP contribution is 2.33. The van der Waals surface area contributed by atoms with Crippen molar-refractivity contribution in [2.75, 3.05) is 32.9 Å². The number of nitrogens with one attached hydrogen (secondary N) is 1. The lowest BCUT2D eigenvalue weighted by Gasteiger charge is -2.22. The summed E-state index contributed by atoms with van der Waals surface area (Å²) >= 11 is 0. The minimum Gasteiger partial charge on any atom is -0.493 e. The van der Waals surface area contributed by atoms with Crippen LogP contribution in [0, 0.1) is 24.4 Å². The first kappa shape index (κ1) is 24.6. The largest absolute Gasteiger partial charge is 0.493 e. The van der Waals surface area contributed by atoms with Gasteiger partial charge in [-0.1, -0.05) is 0 Å². The van der Waals surface area contributed by atoms with Gasteiger partial charge in [-0.05, 0) is 43.0 Å². The van der Waals surface area contributed by atoms with Crippen molar-refractivity contribution in [2.24, 2.45) is 10.1 Å². The minimum atomic E-state index is -1.61. The zero-order chi connectivity index (χ0) is 23.8. The number of carbonyl (C=O) groups excluding carboxylic acids is 1. The highest BCUT2D eigenvalue weighted by molar-refractivity contribution is 6.40. The molecule has 0 saturated carbocycles. The summed E-state index contributed by atoms with van der Waals surface area (Å²) in [5, 5.41) is 8.07. The van der Waals surface area contributed by atoms with Crippen LogP contribution in [0.1, 0.15) is 11.1 Å². The summed E-state index contributed by atoms with van der Waals surface area (Å²) in [4.78, 5) is 14.8. The van der Waals surface area contributed by atoms with E-state index in [2.05, 4.69) is 22.1 Å². The molecule has 2 aromatic rings. The van der Waals surface area contributed by atoms with Crippen molar-refractivity contribution in [3.8, 4) is 11.5 Å². The Hall–Kier alpha value is -3.63. The van der Waals surface area contributed by atoms with Crippen LogP contribution in [0.25, 0.3) is 0 Å². The Kier molecular flexibility index (Phi) is 8.56. The van der Waals surface area contributed by atoms with Crippen molar-refractivity contribution in [3.05, 3.63) is 52.8 Å². The SMILES string of the molecule is C=NC(=O)/C(CF)=N\N(CNc1cc(OC)c(OC)cc1C)Cc1cc(F)c(F)c(F)c1. The van der Waals surface area contributed by atoms with Crippen LogP contribution in [0.15, 0.2) is 34.4 Å². The Labute approximate surface area is 182 Å². The highest BCUT2D eigenvalue weighted by Gasteiger charge is 2.16. The molecule has 1 amide bonds. The van der Waals surface area contributed by atoms with Crippen molar-refractivity contribution in [2.45, 2.75) is 13.5 Å². The molecular formula is C21H22F4N4O3. The fraction of sp³-hybridized carbons (Fsp3) is 0.286. The molecule has 11 heteroatoms. The fourth-order valence-corrected chi connectivity index (χ4v) is 2.77. The number of hydrogen-bond donors (Lipinski definition) is 1. The lowest BCUT2D eigenvalue weighted by atomic mass is 10.1. The van der Waals surface area contributed by atoms with Gasteiger partial charge >= 0.3 is 0 Å². The second-order valence-corrected chi connectivity index (χ2v) is 6.54. The maximum Gasteiger partial charge on any atom is 0.295 e. The molecule has 0 saturated heterocycles. The van der Waals surface area contributed by atoms with Gasteiger partial charge in [0.05, 0.1) is 20.8 Å². The lowest BCUT2D eigenvalue weighted by molar-refractivity contribution is -0.112. The van der Waals surface area contributed by atoms with Crippen molar-refractivity contribution in [1.82, 2.24) is 5.01 Å². The van der Waals surface area contributed by atoms with Gasteiger partial charge < -0.3 is 14.8 Å². The fourth-order valence-electron chi connectivity index (χ4n) is 2.77.